The number of likely N-dealkylation sites (N-methyl/N-ethyl adjacent to an activating group) is 1. The van der Waals surface area contributed by atoms with Gasteiger partial charge in [-0.15, -0.1) is 0 Å². The quantitative estimate of drug-likeness (QED) is 0.273. The molecule has 1 fully saturated rings. The third kappa shape index (κ3) is 6.85. The number of halogens is 6. The summed E-state index contributed by atoms with van der Waals surface area (Å²) in [6.45, 7) is 2.01. The number of H-pyrrole nitrogens is 1. The molecule has 0 saturated carbocycles. The van der Waals surface area contributed by atoms with Gasteiger partial charge in [0.05, 0.1) is 58.9 Å². The number of nitrogens with one attached hydrogen (secondary N) is 2. The molecule has 2 aromatic heterocycles. The molecule has 42 heavy (non-hydrogen) atoms. The summed E-state index contributed by atoms with van der Waals surface area (Å²) < 4.78 is 85.1. The molecule has 1 saturated heterocycles. The first-order valence-corrected chi connectivity index (χ1v) is 13.1. The zero-order valence-corrected chi connectivity index (χ0v) is 23.4. The zero-order chi connectivity index (χ0) is 31.0. The van der Waals surface area contributed by atoms with Crippen LogP contribution in [0.25, 0.3) is 0 Å². The Kier molecular flexibility index (Phi) is 8.59. The van der Waals surface area contributed by atoms with E-state index in [0.717, 1.165) is 12.3 Å². The van der Waals surface area contributed by atoms with E-state index in [2.05, 4.69) is 25.6 Å². The van der Waals surface area contributed by atoms with Crippen LogP contribution in [-0.2, 0) is 21.9 Å². The molecule has 2 atom stereocenters. The van der Waals surface area contributed by atoms with Crippen molar-refractivity contribution in [2.75, 3.05) is 56.7 Å². The van der Waals surface area contributed by atoms with Crippen molar-refractivity contribution in [1.29, 1.82) is 0 Å². The van der Waals surface area contributed by atoms with Gasteiger partial charge < -0.3 is 24.8 Å². The molecule has 2 N–H and O–H groups in total. The van der Waals surface area contributed by atoms with Crippen LogP contribution in [0.2, 0.25) is 0 Å². The Morgan fingerprint density at radius 1 is 1.14 bits per heavy atom. The van der Waals surface area contributed by atoms with E-state index in [9.17, 15) is 40.7 Å². The number of ether oxygens (including phenoxy) is 1. The van der Waals surface area contributed by atoms with E-state index < -0.39 is 51.8 Å². The first kappa shape index (κ1) is 31.3. The number of hydrogen-bond donors (Lipinski definition) is 2. The maximum Gasteiger partial charge on any atom is 0.423 e. The molecule has 11 nitrogen and oxygen atoms in total. The number of fused-ring (bicyclic) bond motifs is 3. The summed E-state index contributed by atoms with van der Waals surface area (Å²) in [5, 5.41) is 6.42. The van der Waals surface area contributed by atoms with Crippen LogP contribution < -0.4 is 15.8 Å². The van der Waals surface area contributed by atoms with Crippen molar-refractivity contribution in [3.8, 4) is 0 Å². The fourth-order valence-corrected chi connectivity index (χ4v) is 5.06. The first-order chi connectivity index (χ1) is 19.5. The smallest absolute Gasteiger partial charge is 0.379 e. The zero-order valence-electron chi connectivity index (χ0n) is 22.4. The van der Waals surface area contributed by atoms with Crippen molar-refractivity contribution in [3.05, 3.63) is 45.5 Å². The first-order valence-electron chi connectivity index (χ1n) is 12.6. The van der Waals surface area contributed by atoms with Crippen LogP contribution in [0.3, 0.4) is 0 Å². The lowest BCUT2D eigenvalue weighted by molar-refractivity contribution is -0.138. The molecule has 3 radical (unpaired) electrons. The average molecular weight is 619 g/mol. The highest BCUT2D eigenvalue weighted by Gasteiger charge is 2.40. The van der Waals surface area contributed by atoms with E-state index in [1.165, 1.54) is 18.9 Å². The summed E-state index contributed by atoms with van der Waals surface area (Å²) in [5.74, 6) is -0.755. The van der Waals surface area contributed by atoms with Crippen LogP contribution in [0, 0.1) is 0 Å². The number of pyridine rings is 1. The SMILES string of the molecule is CN1C[C@H]2CN(C(=O)CCOC[C@](C)([Si])Nc3cn[nH]c(=O)c3C(F)(F)F)CCN2c2ncc(C(F)(F)F)cc2C1=O. The number of hydrogen-bond acceptors (Lipinski definition) is 8. The van der Waals surface area contributed by atoms with Gasteiger partial charge in [-0.2, -0.15) is 31.4 Å². The van der Waals surface area contributed by atoms with Crippen molar-refractivity contribution in [2.24, 2.45) is 0 Å². The van der Waals surface area contributed by atoms with E-state index in [0.29, 0.717) is 6.20 Å². The summed E-state index contributed by atoms with van der Waals surface area (Å²) in [7, 11) is 4.76. The van der Waals surface area contributed by atoms with Crippen molar-refractivity contribution in [3.63, 3.8) is 0 Å². The van der Waals surface area contributed by atoms with Gasteiger partial charge in [0.15, 0.2) is 0 Å². The van der Waals surface area contributed by atoms with Crippen molar-refractivity contribution < 1.29 is 40.7 Å². The van der Waals surface area contributed by atoms with Gasteiger partial charge in [0.2, 0.25) is 5.91 Å². The number of carbonyl (C=O) groups is 2. The second-order valence-electron chi connectivity index (χ2n) is 10.2. The minimum Gasteiger partial charge on any atom is -0.379 e. The number of aromatic amines is 1. The van der Waals surface area contributed by atoms with Crippen molar-refractivity contribution in [1.82, 2.24) is 25.0 Å². The predicted octanol–water partition coefficient (Wildman–Crippen LogP) is 1.71. The molecular weight excluding hydrogens is 592 g/mol. The second kappa shape index (κ2) is 11.5. The molecule has 0 spiro atoms. The molecule has 0 unspecified atom stereocenters. The largest absolute Gasteiger partial charge is 0.423 e. The number of rotatable bonds is 7. The Morgan fingerprint density at radius 3 is 2.52 bits per heavy atom. The van der Waals surface area contributed by atoms with Crippen LogP contribution in [0.4, 0.5) is 37.8 Å². The lowest BCUT2D eigenvalue weighted by atomic mass is 10.1. The van der Waals surface area contributed by atoms with Crippen molar-refractivity contribution >= 4 is 33.6 Å². The standard InChI is InChI=1S/C24H26F6N7O4Si/c1-22(42,33-16-9-32-34-20(39)18(16)24(28,29)30)12-41-6-3-17(38)36-4-5-37-14(11-36)10-35(2)21(40)15-7-13(23(25,26)27)8-31-19(15)37/h7-9,14H,3-6,10-12H2,1-2H3,(H2,33,34,39)/t14-,22-/m0/s1. The number of aromatic nitrogens is 3. The Hall–Kier alpha value is -3.67. The molecular formula is C24H26F6N7O4Si. The molecule has 2 amide bonds. The number of alkyl halides is 6. The Balaban J connectivity index is 1.34. The Bertz CT molecular complexity index is 1400. The van der Waals surface area contributed by atoms with Gasteiger partial charge in [-0.05, 0) is 13.0 Å². The third-order valence-electron chi connectivity index (χ3n) is 6.76. The van der Waals surface area contributed by atoms with E-state index in [-0.39, 0.29) is 63.1 Å². The summed E-state index contributed by atoms with van der Waals surface area (Å²) in [4.78, 5) is 46.0. The number of anilines is 2. The van der Waals surface area contributed by atoms with Crippen LogP contribution in [0.15, 0.2) is 23.3 Å². The molecule has 4 heterocycles. The maximum absolute atomic E-state index is 13.3. The highest BCUT2D eigenvalue weighted by Crippen LogP contribution is 2.35. The normalized spacial score (nSPS) is 19.1. The average Bonchev–Trinajstić information content (AvgIpc) is 2.98. The second-order valence-corrected chi connectivity index (χ2v) is 11.3. The molecule has 2 aliphatic heterocycles. The minimum absolute atomic E-state index is 0.0616. The van der Waals surface area contributed by atoms with Crippen LogP contribution in [-0.4, -0.2) is 105 Å². The highest BCUT2D eigenvalue weighted by molar-refractivity contribution is 6.16. The van der Waals surface area contributed by atoms with Gasteiger partial charge in [-0.3, -0.25) is 14.4 Å². The lowest BCUT2D eigenvalue weighted by Crippen LogP contribution is -2.57. The molecule has 0 bridgehead atoms. The van der Waals surface area contributed by atoms with Crippen LogP contribution in [0.1, 0.15) is 34.8 Å². The van der Waals surface area contributed by atoms with Gasteiger partial charge in [-0.25, -0.2) is 10.1 Å². The van der Waals surface area contributed by atoms with E-state index >= 15 is 0 Å². The topological polar surface area (TPSA) is 124 Å². The summed E-state index contributed by atoms with van der Waals surface area (Å²) in [5.41, 5.74) is -4.59. The molecule has 2 aromatic rings. The van der Waals surface area contributed by atoms with Crippen molar-refractivity contribution in [2.45, 2.75) is 36.9 Å². The number of nitrogens with zero attached hydrogens (tertiary/aromatic N) is 5. The predicted molar refractivity (Wildman–Crippen MR) is 137 cm³/mol. The van der Waals surface area contributed by atoms with Gasteiger partial charge in [-0.1, -0.05) is 0 Å². The number of piperazine rings is 1. The van der Waals surface area contributed by atoms with Gasteiger partial charge in [0.1, 0.15) is 11.4 Å². The lowest BCUT2D eigenvalue weighted by Gasteiger charge is -2.42. The number of carbonyl (C=O) groups excluding carboxylic acids is 2. The number of amides is 2. The minimum atomic E-state index is -4.93. The monoisotopic (exact) mass is 618 g/mol. The molecule has 2 aliphatic rings. The fourth-order valence-electron chi connectivity index (χ4n) is 4.82. The fraction of sp³-hybridized carbons (Fsp3) is 0.542. The van der Waals surface area contributed by atoms with Gasteiger partial charge >= 0.3 is 12.4 Å². The molecule has 0 aliphatic carbocycles. The summed E-state index contributed by atoms with van der Waals surface area (Å²) in [6.07, 6.45) is -8.14. The van der Waals surface area contributed by atoms with Crippen LogP contribution >= 0.6 is 0 Å². The molecule has 227 valence electrons. The van der Waals surface area contributed by atoms with E-state index in [4.69, 9.17) is 4.74 Å². The summed E-state index contributed by atoms with van der Waals surface area (Å²) >= 11 is 0. The van der Waals surface area contributed by atoms with Gasteiger partial charge in [0, 0.05) is 44.6 Å². The molecule has 4 rings (SSSR count). The van der Waals surface area contributed by atoms with Gasteiger partial charge in [0.25, 0.3) is 11.5 Å². The summed E-state index contributed by atoms with van der Waals surface area (Å²) in [6, 6.07) is 0.379. The van der Waals surface area contributed by atoms with Crippen LogP contribution in [0.5, 0.6) is 0 Å². The Labute approximate surface area is 238 Å². The maximum atomic E-state index is 13.3. The van der Waals surface area contributed by atoms with E-state index in [1.54, 1.807) is 14.9 Å². The Morgan fingerprint density at radius 2 is 1.86 bits per heavy atom. The third-order valence-corrected chi connectivity index (χ3v) is 7.03. The molecule has 18 heteroatoms. The van der Waals surface area contributed by atoms with E-state index in [1.807, 2.05) is 0 Å². The highest BCUT2D eigenvalue weighted by atomic mass is 28.1. The molecule has 0 aromatic carbocycles.